The molecule has 3 rings (SSSR count). The molecule has 0 spiro atoms. The summed E-state index contributed by atoms with van der Waals surface area (Å²) in [4.78, 5) is 76.0. The number of aromatic nitrogens is 3. The average Bonchev–Trinajstić information content (AvgIpc) is 3.95. The van der Waals surface area contributed by atoms with Crippen molar-refractivity contribution in [1.29, 1.82) is 0 Å². The fraction of sp³-hybridized carbons (Fsp3) is 0.741. The Morgan fingerprint density at radius 2 is 0.939 bits per heavy atom. The van der Waals surface area contributed by atoms with Gasteiger partial charge in [-0.1, -0.05) is 36.3 Å². The van der Waals surface area contributed by atoms with E-state index < -0.39 is 24.0 Å². The number of rotatable bonds is 45. The van der Waals surface area contributed by atoms with Gasteiger partial charge in [0.1, 0.15) is 5.75 Å². The predicted molar refractivity (Wildman–Crippen MR) is 293 cm³/mol. The zero-order valence-corrected chi connectivity index (χ0v) is 50.7. The maximum Gasteiger partial charge on any atom is 3.00 e. The number of carbonyl (C=O) groups is 6. The van der Waals surface area contributed by atoms with Crippen molar-refractivity contribution in [1.82, 2.24) is 50.5 Å². The summed E-state index contributed by atoms with van der Waals surface area (Å²) in [7, 11) is 0. The largest absolute Gasteiger partial charge is 3.00 e. The fourth-order valence-corrected chi connectivity index (χ4v) is 8.04. The summed E-state index contributed by atoms with van der Waals surface area (Å²) in [6.07, 6.45) is 10.5. The van der Waals surface area contributed by atoms with E-state index in [0.717, 1.165) is 57.3 Å². The van der Waals surface area contributed by atoms with E-state index in [4.69, 9.17) is 40.0 Å². The quantitative estimate of drug-likeness (QED) is 0.0383. The van der Waals surface area contributed by atoms with Gasteiger partial charge in [0.25, 0.3) is 0 Å². The molecule has 26 nitrogen and oxygen atoms in total. The van der Waals surface area contributed by atoms with E-state index in [1.165, 1.54) is 10.9 Å². The number of nitrogens with one attached hydrogen (secondary N) is 3. The maximum absolute atomic E-state index is 11.9. The Labute approximate surface area is 520 Å². The van der Waals surface area contributed by atoms with Gasteiger partial charge in [0, 0.05) is 149 Å². The number of nitrogens with zero attached hydrogens (tertiary/aromatic N) is 7. The Balaban J connectivity index is 0.000000863. The van der Waals surface area contributed by atoms with Crippen molar-refractivity contribution < 1.29 is 118 Å². The number of unbranched alkanes of at least 4 members (excludes halogenated alkanes) is 4. The third kappa shape index (κ3) is 46.6. The molecule has 1 aromatic carbocycles. The number of hydrogen-bond acceptors (Lipinski definition) is 22. The molecule has 3 amide bonds. The van der Waals surface area contributed by atoms with Gasteiger partial charge in [0.15, 0.2) is 0 Å². The molecule has 1 unspecified atom stereocenters. The molecule has 2 aromatic rings. The summed E-state index contributed by atoms with van der Waals surface area (Å²) in [6.45, 7) is 9.27. The van der Waals surface area contributed by atoms with E-state index in [-0.39, 0.29) is 129 Å². The summed E-state index contributed by atoms with van der Waals surface area (Å²) < 4.78 is 34.6. The Morgan fingerprint density at radius 3 is 1.41 bits per heavy atom. The summed E-state index contributed by atoms with van der Waals surface area (Å²) in [6, 6.07) is 9.66. The number of carbonyl (C=O) groups excluding carboxylic acids is 6. The Kier molecular flexibility index (Phi) is 49.0. The normalized spacial score (nSPS) is 14.2. The Morgan fingerprint density at radius 1 is 0.512 bits per heavy atom. The molecule has 82 heavy (non-hydrogen) atoms. The van der Waals surface area contributed by atoms with Gasteiger partial charge in [0.05, 0.1) is 89.6 Å². The second-order valence-electron chi connectivity index (χ2n) is 19.1. The number of ether oxygens (including phenoxy) is 6. The first-order valence-electron chi connectivity index (χ1n) is 28.3. The minimum absolute atomic E-state index is 0. The number of aliphatic hydroxyl groups is 1. The summed E-state index contributed by atoms with van der Waals surface area (Å²) >= 11 is 5.65. The monoisotopic (exact) mass is 1330 g/mol. The molecule has 1 aromatic heterocycles. The molecule has 0 aliphatic carbocycles. The van der Waals surface area contributed by atoms with Gasteiger partial charge < -0.3 is 79.2 Å². The van der Waals surface area contributed by atoms with Crippen molar-refractivity contribution in [2.24, 2.45) is 0 Å². The minimum atomic E-state index is -1.27. The number of carboxylic acids is 3. The Hall–Kier alpha value is -3.81. The molecular weight excluding hydrogens is 1240 g/mol. The first-order valence-corrected chi connectivity index (χ1v) is 28.8. The van der Waals surface area contributed by atoms with Crippen LogP contribution in [0.5, 0.6) is 5.75 Å². The van der Waals surface area contributed by atoms with Crippen LogP contribution in [-0.2, 0) is 59.0 Å². The molecule has 467 valence electrons. The van der Waals surface area contributed by atoms with Crippen LogP contribution in [0.2, 0.25) is 0 Å². The molecule has 0 saturated carbocycles. The van der Waals surface area contributed by atoms with Crippen molar-refractivity contribution in [3.05, 3.63) is 42.7 Å². The van der Waals surface area contributed by atoms with Crippen LogP contribution in [0.25, 0.3) is 0 Å². The number of benzene rings is 1. The molecule has 28 heteroatoms. The van der Waals surface area contributed by atoms with Gasteiger partial charge in [-0.05, 0) is 50.7 Å². The van der Waals surface area contributed by atoms with Crippen molar-refractivity contribution in [3.8, 4) is 5.75 Å². The summed E-state index contributed by atoms with van der Waals surface area (Å²) in [5.41, 5.74) is 0. The molecule has 1 atom stereocenters. The maximum atomic E-state index is 11.9. The van der Waals surface area contributed by atoms with Crippen LogP contribution < -0.4 is 36.0 Å². The fourth-order valence-electron chi connectivity index (χ4n) is 7.85. The van der Waals surface area contributed by atoms with Crippen LogP contribution >= 0.6 is 11.6 Å². The smallest absolute Gasteiger partial charge is 0.549 e. The van der Waals surface area contributed by atoms with Crippen LogP contribution in [0.15, 0.2) is 42.7 Å². The van der Waals surface area contributed by atoms with E-state index in [0.29, 0.717) is 131 Å². The van der Waals surface area contributed by atoms with E-state index in [9.17, 15) is 49.2 Å². The summed E-state index contributed by atoms with van der Waals surface area (Å²) in [5, 5.41) is 59.9. The molecule has 1 radical (unpaired) electrons. The van der Waals surface area contributed by atoms with Crippen LogP contribution in [0.1, 0.15) is 70.6 Å². The van der Waals surface area contributed by atoms with Crippen LogP contribution in [0, 0.1) is 39.9 Å². The minimum Gasteiger partial charge on any atom is -0.549 e. The van der Waals surface area contributed by atoms with E-state index in [1.54, 1.807) is 20.9 Å². The number of β-amino-alcohol motifs (C(OH)–C–C–N with tert-alkyl or cyclic N) is 1. The van der Waals surface area contributed by atoms with Crippen LogP contribution in [0.3, 0.4) is 0 Å². The van der Waals surface area contributed by atoms with Gasteiger partial charge in [0.2, 0.25) is 17.7 Å². The molecule has 1 aliphatic heterocycles. The number of carboxylic acid groups (broad SMARTS) is 3. The second kappa shape index (κ2) is 52.7. The number of aliphatic hydroxyl groups excluding tert-OH is 1. The number of aliphatic carboxylic acids is 3. The number of alkyl halides is 1. The van der Waals surface area contributed by atoms with Gasteiger partial charge >= 0.3 is 39.9 Å². The van der Waals surface area contributed by atoms with E-state index in [2.05, 4.69) is 26.3 Å². The third-order valence-corrected chi connectivity index (χ3v) is 12.4. The van der Waals surface area contributed by atoms with Gasteiger partial charge in [-0.2, -0.15) is 0 Å². The van der Waals surface area contributed by atoms with E-state index in [1.807, 2.05) is 35.2 Å². The zero-order valence-electron chi connectivity index (χ0n) is 47.6. The molecule has 1 aliphatic rings. The molecule has 1 fully saturated rings. The first kappa shape index (κ1) is 76.2. The van der Waals surface area contributed by atoms with Gasteiger partial charge in [-0.3, -0.25) is 34.0 Å². The number of amides is 3. The van der Waals surface area contributed by atoms with Crippen molar-refractivity contribution in [2.75, 3.05) is 177 Å². The van der Waals surface area contributed by atoms with Crippen molar-refractivity contribution in [2.45, 2.75) is 83.3 Å². The molecular formula is C54H90ClGdN10O16. The molecule has 2 heterocycles. The Bertz CT molecular complexity index is 1890. The van der Waals surface area contributed by atoms with Gasteiger partial charge in [-0.25, -0.2) is 4.68 Å². The average molecular weight is 1330 g/mol. The van der Waals surface area contributed by atoms with E-state index >= 15 is 0 Å². The topological polar surface area (TPSA) is 327 Å². The summed E-state index contributed by atoms with van der Waals surface area (Å²) in [5.74, 6) is -2.47. The number of hydrogen-bond donors (Lipinski definition) is 4. The second-order valence-corrected chi connectivity index (χ2v) is 19.4. The SMILES string of the molecule is O=C(CCCCOc1ccccc1)NCCCOCCOCCOCCCNC(=O)CCC(=O)NCCOCCOCCCCCCCl.O=C([O-])CN1CCN(CC(=O)[O-])CCN(CC(O)Cn2ccnn2)CCN(CC(=O)[O-])CC1.[Gd+3]. The molecule has 1 saturated heterocycles. The number of halogens is 1. The van der Waals surface area contributed by atoms with Crippen LogP contribution in [-0.4, -0.2) is 258 Å². The first-order chi connectivity index (χ1) is 39.3. The predicted octanol–water partition coefficient (Wildman–Crippen LogP) is -2.86. The van der Waals surface area contributed by atoms with Crippen molar-refractivity contribution >= 4 is 47.2 Å². The van der Waals surface area contributed by atoms with Crippen molar-refractivity contribution in [3.63, 3.8) is 0 Å². The number of para-hydroxylation sites is 1. The third-order valence-electron chi connectivity index (χ3n) is 12.1. The van der Waals surface area contributed by atoms with Crippen LogP contribution in [0.4, 0.5) is 0 Å². The molecule has 0 bridgehead atoms. The zero-order chi connectivity index (χ0) is 58.8. The standard InChI is InChI=1S/C35H60ClN3O9.C19H33N7O7.Gd/c36-17-7-1-2-8-21-43-26-29-46-25-20-39-35(42)16-15-34(41)38-19-11-23-45-28-31-47-30-27-44-22-10-18-37-33(40)14-6-9-24-48-32-12-4-3-5-13-32;27-16(12-26-2-1-20-21-26)11-22-3-5-23(13-17(28)29)7-9-25(15-19(32)33)10-8-24(6-4-22)14-18(30)31;/h3-5,12-13H,1-2,6-11,14-31H2,(H,37,40)(H,38,41)(H,39,42);1-2,16,27H,3-15H2,(H,28,29)(H,30,31)(H,32,33);/q;;+3/p-3. The van der Waals surface area contributed by atoms with Gasteiger partial charge in [-0.15, -0.1) is 16.7 Å². The molecule has 4 N–H and O–H groups in total.